The molecule has 1 amide bonds. The fourth-order valence-electron chi connectivity index (χ4n) is 4.66. The SMILES string of the molecule is CN(C)C1CCN(C(=O)c2cnn3c(N)c(-c4ccc(NS(=O)(=O)c5ccc(C(F)(F)F)cc5)cc4F)cnc23)C1. The van der Waals surface area contributed by atoms with Crippen LogP contribution in [0.5, 0.6) is 0 Å². The van der Waals surface area contributed by atoms with Crippen molar-refractivity contribution in [3.63, 3.8) is 0 Å². The molecule has 0 aliphatic carbocycles. The number of amides is 1. The Labute approximate surface area is 232 Å². The number of nitrogens with one attached hydrogen (secondary N) is 1. The average molecular weight is 592 g/mol. The van der Waals surface area contributed by atoms with Gasteiger partial charge in [-0.15, -0.1) is 0 Å². The van der Waals surface area contributed by atoms with Crippen molar-refractivity contribution in [3.8, 4) is 11.1 Å². The first-order valence-corrected chi connectivity index (χ1v) is 13.8. The topological polar surface area (TPSA) is 126 Å². The van der Waals surface area contributed by atoms with Gasteiger partial charge in [0.15, 0.2) is 5.65 Å². The number of alkyl halides is 3. The molecule has 3 N–H and O–H groups in total. The molecule has 15 heteroatoms. The fourth-order valence-corrected chi connectivity index (χ4v) is 5.71. The summed E-state index contributed by atoms with van der Waals surface area (Å²) in [4.78, 5) is 20.8. The summed E-state index contributed by atoms with van der Waals surface area (Å²) >= 11 is 0. The monoisotopic (exact) mass is 591 g/mol. The Hall–Kier alpha value is -4.24. The molecule has 0 spiro atoms. The van der Waals surface area contributed by atoms with E-state index >= 15 is 4.39 Å². The van der Waals surface area contributed by atoms with Gasteiger partial charge in [-0.05, 0) is 63.0 Å². The molecule has 1 saturated heterocycles. The van der Waals surface area contributed by atoms with E-state index in [4.69, 9.17) is 5.73 Å². The molecule has 1 unspecified atom stereocenters. The number of hydrogen-bond acceptors (Lipinski definition) is 7. The van der Waals surface area contributed by atoms with E-state index in [-0.39, 0.29) is 45.8 Å². The van der Waals surface area contributed by atoms with Crippen LogP contribution in [0.25, 0.3) is 16.8 Å². The van der Waals surface area contributed by atoms with Crippen LogP contribution in [-0.4, -0.2) is 71.9 Å². The van der Waals surface area contributed by atoms with Crippen molar-refractivity contribution in [2.45, 2.75) is 23.5 Å². The van der Waals surface area contributed by atoms with E-state index in [1.807, 2.05) is 14.1 Å². The summed E-state index contributed by atoms with van der Waals surface area (Å²) < 4.78 is 82.2. The summed E-state index contributed by atoms with van der Waals surface area (Å²) in [5.74, 6) is -1.07. The first kappa shape index (κ1) is 28.3. The summed E-state index contributed by atoms with van der Waals surface area (Å²) in [5, 5.41) is 4.19. The Morgan fingerprint density at radius 1 is 1.10 bits per heavy atom. The average Bonchev–Trinajstić information content (AvgIpc) is 3.57. The lowest BCUT2D eigenvalue weighted by Crippen LogP contribution is -2.34. The Morgan fingerprint density at radius 2 is 1.80 bits per heavy atom. The number of hydrogen-bond donors (Lipinski definition) is 2. The number of likely N-dealkylation sites (N-methyl/N-ethyl adjacent to an activating group) is 1. The molecule has 3 heterocycles. The van der Waals surface area contributed by atoms with E-state index in [1.54, 1.807) is 4.90 Å². The van der Waals surface area contributed by atoms with Crippen LogP contribution in [0.15, 0.2) is 59.8 Å². The van der Waals surface area contributed by atoms with E-state index in [2.05, 4.69) is 19.7 Å². The summed E-state index contributed by atoms with van der Waals surface area (Å²) in [6, 6.07) is 6.61. The number of rotatable bonds is 6. The van der Waals surface area contributed by atoms with Crippen molar-refractivity contribution < 1.29 is 30.8 Å². The number of halogens is 4. The molecule has 5 rings (SSSR count). The molecule has 2 aromatic heterocycles. The normalized spacial score (nSPS) is 16.1. The molecule has 1 atom stereocenters. The summed E-state index contributed by atoms with van der Waals surface area (Å²) in [6.45, 7) is 1.16. The van der Waals surface area contributed by atoms with Gasteiger partial charge in [-0.2, -0.15) is 22.8 Å². The first-order chi connectivity index (χ1) is 19.3. The number of carbonyl (C=O) groups excluding carboxylic acids is 1. The van der Waals surface area contributed by atoms with Crippen LogP contribution < -0.4 is 10.5 Å². The minimum atomic E-state index is -4.62. The van der Waals surface area contributed by atoms with E-state index < -0.39 is 32.5 Å². The van der Waals surface area contributed by atoms with Gasteiger partial charge in [0, 0.05) is 36.5 Å². The van der Waals surface area contributed by atoms with E-state index in [0.29, 0.717) is 25.2 Å². The van der Waals surface area contributed by atoms with Crippen molar-refractivity contribution in [1.29, 1.82) is 0 Å². The Balaban J connectivity index is 1.38. The zero-order valence-electron chi connectivity index (χ0n) is 21.9. The molecule has 10 nitrogen and oxygen atoms in total. The molecule has 0 bridgehead atoms. The molecular weight excluding hydrogens is 566 g/mol. The maximum atomic E-state index is 15.2. The number of likely N-dealkylation sites (tertiary alicyclic amines) is 1. The van der Waals surface area contributed by atoms with Crippen molar-refractivity contribution in [2.75, 3.05) is 37.6 Å². The third-order valence-corrected chi connectivity index (χ3v) is 8.38. The van der Waals surface area contributed by atoms with Gasteiger partial charge in [-0.1, -0.05) is 0 Å². The number of carbonyl (C=O) groups is 1. The highest BCUT2D eigenvalue weighted by Crippen LogP contribution is 2.32. The molecule has 2 aromatic carbocycles. The highest BCUT2D eigenvalue weighted by Gasteiger charge is 2.32. The Kier molecular flexibility index (Phi) is 7.11. The molecule has 1 aliphatic heterocycles. The van der Waals surface area contributed by atoms with Crippen LogP contribution in [-0.2, 0) is 16.2 Å². The van der Waals surface area contributed by atoms with Gasteiger partial charge in [-0.25, -0.2) is 17.8 Å². The maximum Gasteiger partial charge on any atom is 0.416 e. The molecule has 0 saturated carbocycles. The zero-order chi connectivity index (χ0) is 29.7. The molecule has 1 aliphatic rings. The fraction of sp³-hybridized carbons (Fsp3) is 0.269. The van der Waals surface area contributed by atoms with Gasteiger partial charge >= 0.3 is 6.18 Å². The lowest BCUT2D eigenvalue weighted by molar-refractivity contribution is -0.137. The van der Waals surface area contributed by atoms with Crippen LogP contribution in [0.4, 0.5) is 29.1 Å². The molecule has 216 valence electrons. The summed E-state index contributed by atoms with van der Waals surface area (Å²) in [7, 11) is -0.389. The lowest BCUT2D eigenvalue weighted by atomic mass is 10.1. The predicted octanol–water partition coefficient (Wildman–Crippen LogP) is 3.71. The number of sulfonamides is 1. The molecule has 0 radical (unpaired) electrons. The third-order valence-electron chi connectivity index (χ3n) is 6.98. The number of anilines is 2. The lowest BCUT2D eigenvalue weighted by Gasteiger charge is -2.20. The van der Waals surface area contributed by atoms with Crippen molar-refractivity contribution >= 4 is 33.1 Å². The first-order valence-electron chi connectivity index (χ1n) is 12.3. The smallest absolute Gasteiger partial charge is 0.383 e. The number of benzene rings is 2. The van der Waals surface area contributed by atoms with Crippen LogP contribution in [0, 0.1) is 5.82 Å². The Bertz CT molecular complexity index is 1740. The van der Waals surface area contributed by atoms with Gasteiger partial charge in [0.05, 0.1) is 22.3 Å². The highest BCUT2D eigenvalue weighted by molar-refractivity contribution is 7.92. The second kappa shape index (κ2) is 10.3. The van der Waals surface area contributed by atoms with E-state index in [1.165, 1.54) is 29.0 Å². The maximum absolute atomic E-state index is 15.2. The van der Waals surface area contributed by atoms with Crippen molar-refractivity contribution in [1.82, 2.24) is 24.4 Å². The number of aromatic nitrogens is 3. The molecule has 41 heavy (non-hydrogen) atoms. The second-order valence-electron chi connectivity index (χ2n) is 9.83. The second-order valence-corrected chi connectivity index (χ2v) is 11.5. The van der Waals surface area contributed by atoms with Gasteiger partial charge in [-0.3, -0.25) is 9.52 Å². The van der Waals surface area contributed by atoms with Crippen molar-refractivity contribution in [2.24, 2.45) is 0 Å². The van der Waals surface area contributed by atoms with Gasteiger partial charge < -0.3 is 15.5 Å². The van der Waals surface area contributed by atoms with E-state index in [0.717, 1.165) is 24.6 Å². The highest BCUT2D eigenvalue weighted by atomic mass is 32.2. The van der Waals surface area contributed by atoms with Gasteiger partial charge in [0.1, 0.15) is 17.2 Å². The molecule has 4 aromatic rings. The molecular formula is C26H25F4N7O3S. The van der Waals surface area contributed by atoms with Crippen LogP contribution in [0.1, 0.15) is 22.3 Å². The molecule has 1 fully saturated rings. The largest absolute Gasteiger partial charge is 0.416 e. The number of nitrogens with two attached hydrogens (primary N) is 1. The third kappa shape index (κ3) is 5.41. The van der Waals surface area contributed by atoms with Gasteiger partial charge in [0.2, 0.25) is 0 Å². The number of nitrogens with zero attached hydrogens (tertiary/aromatic N) is 5. The van der Waals surface area contributed by atoms with Crippen LogP contribution in [0.2, 0.25) is 0 Å². The summed E-state index contributed by atoms with van der Waals surface area (Å²) in [5.41, 5.74) is 5.74. The minimum Gasteiger partial charge on any atom is -0.383 e. The Morgan fingerprint density at radius 3 is 2.41 bits per heavy atom. The van der Waals surface area contributed by atoms with E-state index in [9.17, 15) is 26.4 Å². The standard InChI is InChI=1S/C26H25F4N7O3S/c1-35(2)17-9-10-36(14-17)25(38)21-13-33-37-23(31)20(12-32-24(21)37)19-8-5-16(11-22(19)27)34-41(39,40)18-6-3-15(4-7-18)26(28,29)30/h3-8,11-13,17,34H,9-10,14,31H2,1-2H3. The van der Waals surface area contributed by atoms with Crippen LogP contribution >= 0.6 is 0 Å². The predicted molar refractivity (Wildman–Crippen MR) is 143 cm³/mol. The number of fused-ring (bicyclic) bond motifs is 1. The number of nitrogen functional groups attached to an aromatic ring is 1. The zero-order valence-corrected chi connectivity index (χ0v) is 22.7. The summed E-state index contributed by atoms with van der Waals surface area (Å²) in [6.07, 6.45) is -1.11. The van der Waals surface area contributed by atoms with Gasteiger partial charge in [0.25, 0.3) is 15.9 Å². The minimum absolute atomic E-state index is 0.00822. The quantitative estimate of drug-likeness (QED) is 0.328. The van der Waals surface area contributed by atoms with Crippen molar-refractivity contribution in [3.05, 3.63) is 71.8 Å². The van der Waals surface area contributed by atoms with Crippen LogP contribution in [0.3, 0.4) is 0 Å².